The Hall–Kier alpha value is -0.340. The first-order chi connectivity index (χ1) is 6.59. The third-order valence-electron chi connectivity index (χ3n) is 2.02. The highest BCUT2D eigenvalue weighted by molar-refractivity contribution is 8.13. The lowest BCUT2D eigenvalue weighted by atomic mass is 10.2. The first kappa shape index (κ1) is 11.7. The molecule has 1 aliphatic heterocycles. The standard InChI is InChI=1S/C9H15N3S2/c1-9(2)6-12(4-5-14-9)8(13-3)11-7-10/h4-6H2,1-3H3. The van der Waals surface area contributed by atoms with E-state index in [1.807, 2.05) is 24.2 Å². The normalized spacial score (nSPS) is 21.9. The van der Waals surface area contributed by atoms with Gasteiger partial charge in [0.15, 0.2) is 5.17 Å². The lowest BCUT2D eigenvalue weighted by molar-refractivity contribution is 0.396. The van der Waals surface area contributed by atoms with Crippen LogP contribution >= 0.6 is 23.5 Å². The molecular formula is C9H15N3S2. The summed E-state index contributed by atoms with van der Waals surface area (Å²) in [7, 11) is 0. The molecule has 1 rings (SSSR count). The van der Waals surface area contributed by atoms with Gasteiger partial charge in [-0.2, -0.15) is 17.0 Å². The molecule has 0 aliphatic carbocycles. The Morgan fingerprint density at radius 3 is 2.86 bits per heavy atom. The lowest BCUT2D eigenvalue weighted by Crippen LogP contribution is -2.45. The zero-order valence-electron chi connectivity index (χ0n) is 8.78. The summed E-state index contributed by atoms with van der Waals surface area (Å²) in [5, 5.41) is 9.39. The second kappa shape index (κ2) is 4.94. The first-order valence-electron chi connectivity index (χ1n) is 4.49. The van der Waals surface area contributed by atoms with Crippen LogP contribution in [0.5, 0.6) is 0 Å². The molecule has 1 aliphatic rings. The number of nitrogens with zero attached hydrogens (tertiary/aromatic N) is 3. The SMILES string of the molecule is CSC(=NC#N)N1CCSC(C)(C)C1. The number of nitriles is 1. The molecule has 0 bridgehead atoms. The van der Waals surface area contributed by atoms with Crippen LogP contribution < -0.4 is 0 Å². The fourth-order valence-corrected chi connectivity index (χ4v) is 3.13. The van der Waals surface area contributed by atoms with E-state index in [9.17, 15) is 0 Å². The highest BCUT2D eigenvalue weighted by Gasteiger charge is 2.28. The van der Waals surface area contributed by atoms with Gasteiger partial charge in [0.1, 0.15) is 0 Å². The Morgan fingerprint density at radius 1 is 1.64 bits per heavy atom. The second-order valence-electron chi connectivity index (χ2n) is 3.73. The minimum Gasteiger partial charge on any atom is -0.348 e. The Kier molecular flexibility index (Phi) is 4.14. The van der Waals surface area contributed by atoms with Gasteiger partial charge in [0.25, 0.3) is 0 Å². The molecule has 1 saturated heterocycles. The van der Waals surface area contributed by atoms with Crippen LogP contribution in [0.25, 0.3) is 0 Å². The molecule has 1 fully saturated rings. The molecule has 3 nitrogen and oxygen atoms in total. The van der Waals surface area contributed by atoms with Crippen molar-refractivity contribution in [1.82, 2.24) is 4.90 Å². The smallest absolute Gasteiger partial charge is 0.208 e. The van der Waals surface area contributed by atoms with Gasteiger partial charge in [-0.25, -0.2) is 0 Å². The van der Waals surface area contributed by atoms with Crippen LogP contribution in [0.3, 0.4) is 0 Å². The number of rotatable bonds is 0. The van der Waals surface area contributed by atoms with E-state index in [1.165, 1.54) is 0 Å². The van der Waals surface area contributed by atoms with Gasteiger partial charge in [0.2, 0.25) is 6.19 Å². The average Bonchev–Trinajstić information content (AvgIpc) is 2.12. The summed E-state index contributed by atoms with van der Waals surface area (Å²) >= 11 is 3.53. The molecule has 1 heterocycles. The number of thioether (sulfide) groups is 2. The molecule has 0 amide bonds. The van der Waals surface area contributed by atoms with Crippen LogP contribution in [0.15, 0.2) is 4.99 Å². The van der Waals surface area contributed by atoms with Crippen LogP contribution in [-0.2, 0) is 0 Å². The van der Waals surface area contributed by atoms with E-state index >= 15 is 0 Å². The van der Waals surface area contributed by atoms with E-state index < -0.39 is 0 Å². The minimum absolute atomic E-state index is 0.268. The van der Waals surface area contributed by atoms with E-state index in [2.05, 4.69) is 23.7 Å². The van der Waals surface area contributed by atoms with Crippen LogP contribution in [0, 0.1) is 11.5 Å². The van der Waals surface area contributed by atoms with Crippen LogP contribution in [0.1, 0.15) is 13.8 Å². The van der Waals surface area contributed by atoms with Crippen molar-refractivity contribution in [2.75, 3.05) is 25.1 Å². The Balaban J connectivity index is 2.69. The van der Waals surface area contributed by atoms with Crippen molar-refractivity contribution in [3.05, 3.63) is 0 Å². The predicted molar refractivity (Wildman–Crippen MR) is 64.7 cm³/mol. The van der Waals surface area contributed by atoms with Gasteiger partial charge in [-0.1, -0.05) is 11.8 Å². The first-order valence-corrected chi connectivity index (χ1v) is 6.70. The van der Waals surface area contributed by atoms with Gasteiger partial charge in [0.05, 0.1) is 0 Å². The summed E-state index contributed by atoms with van der Waals surface area (Å²) in [5.41, 5.74) is 0. The van der Waals surface area contributed by atoms with E-state index in [4.69, 9.17) is 5.26 Å². The molecule has 0 spiro atoms. The summed E-state index contributed by atoms with van der Waals surface area (Å²) in [4.78, 5) is 6.03. The van der Waals surface area contributed by atoms with Crippen molar-refractivity contribution in [3.8, 4) is 6.19 Å². The van der Waals surface area contributed by atoms with Crippen molar-refractivity contribution >= 4 is 28.7 Å². The largest absolute Gasteiger partial charge is 0.348 e. The van der Waals surface area contributed by atoms with E-state index in [-0.39, 0.29) is 4.75 Å². The van der Waals surface area contributed by atoms with Crippen LogP contribution in [0.4, 0.5) is 0 Å². The Bertz CT molecular complexity index is 268. The number of amidine groups is 1. The number of hydrogen-bond donors (Lipinski definition) is 0. The van der Waals surface area contributed by atoms with E-state index in [1.54, 1.807) is 11.8 Å². The Labute approximate surface area is 93.9 Å². The molecule has 5 heteroatoms. The number of hydrogen-bond acceptors (Lipinski definition) is 4. The van der Waals surface area contributed by atoms with Crippen LogP contribution in [0.2, 0.25) is 0 Å². The van der Waals surface area contributed by atoms with Gasteiger partial charge in [0, 0.05) is 23.6 Å². The summed E-state index contributed by atoms with van der Waals surface area (Å²) in [6.45, 7) is 6.43. The average molecular weight is 229 g/mol. The summed E-state index contributed by atoms with van der Waals surface area (Å²) < 4.78 is 0.268. The second-order valence-corrected chi connectivity index (χ2v) is 6.30. The topological polar surface area (TPSA) is 39.4 Å². The highest BCUT2D eigenvalue weighted by Crippen LogP contribution is 2.30. The predicted octanol–water partition coefficient (Wildman–Crippen LogP) is 2.01. The summed E-state index contributed by atoms with van der Waals surface area (Å²) in [6, 6.07) is 0. The molecule has 78 valence electrons. The van der Waals surface area contributed by atoms with E-state index in [0.29, 0.717) is 0 Å². The van der Waals surface area contributed by atoms with Crippen molar-refractivity contribution in [3.63, 3.8) is 0 Å². The quantitative estimate of drug-likeness (QED) is 0.362. The van der Waals surface area contributed by atoms with Crippen molar-refractivity contribution < 1.29 is 0 Å². The van der Waals surface area contributed by atoms with Crippen molar-refractivity contribution in [2.24, 2.45) is 4.99 Å². The maximum atomic E-state index is 8.55. The molecule has 0 N–H and O–H groups in total. The molecule has 0 saturated carbocycles. The third kappa shape index (κ3) is 3.10. The molecule has 0 aromatic heterocycles. The van der Waals surface area contributed by atoms with Crippen molar-refractivity contribution in [2.45, 2.75) is 18.6 Å². The lowest BCUT2D eigenvalue weighted by Gasteiger charge is -2.38. The maximum Gasteiger partial charge on any atom is 0.208 e. The van der Waals surface area contributed by atoms with Crippen molar-refractivity contribution in [1.29, 1.82) is 5.26 Å². The molecule has 0 unspecified atom stereocenters. The number of aliphatic imine (C=N–C) groups is 1. The third-order valence-corrected chi connectivity index (χ3v) is 4.04. The maximum absolute atomic E-state index is 8.55. The fraction of sp³-hybridized carbons (Fsp3) is 0.778. The molecular weight excluding hydrogens is 214 g/mol. The van der Waals surface area contributed by atoms with Gasteiger partial charge < -0.3 is 4.90 Å². The van der Waals surface area contributed by atoms with Gasteiger partial charge in [-0.3, -0.25) is 0 Å². The molecule has 0 atom stereocenters. The zero-order valence-corrected chi connectivity index (χ0v) is 10.4. The zero-order chi connectivity index (χ0) is 10.6. The van der Waals surface area contributed by atoms with E-state index in [0.717, 1.165) is 24.0 Å². The monoisotopic (exact) mass is 229 g/mol. The minimum atomic E-state index is 0.268. The Morgan fingerprint density at radius 2 is 2.36 bits per heavy atom. The van der Waals surface area contributed by atoms with Gasteiger partial charge >= 0.3 is 0 Å². The molecule has 0 aromatic carbocycles. The summed E-state index contributed by atoms with van der Waals surface area (Å²) in [6.07, 6.45) is 3.83. The van der Waals surface area contributed by atoms with Gasteiger partial charge in [-0.05, 0) is 20.1 Å². The van der Waals surface area contributed by atoms with Gasteiger partial charge in [-0.15, -0.1) is 4.99 Å². The fourth-order valence-electron chi connectivity index (χ4n) is 1.47. The molecule has 0 radical (unpaired) electrons. The highest BCUT2D eigenvalue weighted by atomic mass is 32.2. The molecule has 0 aromatic rings. The summed E-state index contributed by atoms with van der Waals surface area (Å²) in [5.74, 6) is 1.11. The van der Waals surface area contributed by atoms with Crippen LogP contribution in [-0.4, -0.2) is 39.9 Å². The molecule has 14 heavy (non-hydrogen) atoms.